The topological polar surface area (TPSA) is 45.1 Å². The van der Waals surface area contributed by atoms with Gasteiger partial charge in [-0.05, 0) is 26.7 Å². The first-order valence-electron chi connectivity index (χ1n) is 5.92. The predicted molar refractivity (Wildman–Crippen MR) is 66.7 cm³/mol. The Kier molecular flexibility index (Phi) is 3.62. The fourth-order valence-corrected chi connectivity index (χ4v) is 2.80. The number of hydrogen-bond acceptors (Lipinski definition) is 4. The first kappa shape index (κ1) is 12.0. The van der Waals surface area contributed by atoms with Crippen molar-refractivity contribution in [2.75, 3.05) is 6.54 Å². The zero-order chi connectivity index (χ0) is 11.6. The molecule has 1 aliphatic rings. The van der Waals surface area contributed by atoms with Crippen LogP contribution in [0.1, 0.15) is 48.9 Å². The fraction of sp³-hybridized carbons (Fsp3) is 0.750. The lowest BCUT2D eigenvalue weighted by molar-refractivity contribution is 0.0796. The van der Waals surface area contributed by atoms with E-state index in [2.05, 4.69) is 10.3 Å². The SMILES string of the molecule is CC(C)(O)CNCc1cnc(C2CCC2)s1. The summed E-state index contributed by atoms with van der Waals surface area (Å²) in [6, 6.07) is 0. The molecule has 0 radical (unpaired) electrons. The fourth-order valence-electron chi connectivity index (χ4n) is 1.74. The van der Waals surface area contributed by atoms with Crippen molar-refractivity contribution >= 4 is 11.3 Å². The lowest BCUT2D eigenvalue weighted by Crippen LogP contribution is -2.34. The van der Waals surface area contributed by atoms with Gasteiger partial charge in [0.1, 0.15) is 0 Å². The summed E-state index contributed by atoms with van der Waals surface area (Å²) >= 11 is 1.81. The van der Waals surface area contributed by atoms with Gasteiger partial charge < -0.3 is 10.4 Å². The number of thiazole rings is 1. The molecular weight excluding hydrogens is 220 g/mol. The monoisotopic (exact) mass is 240 g/mol. The van der Waals surface area contributed by atoms with Gasteiger partial charge in [0.05, 0.1) is 10.6 Å². The van der Waals surface area contributed by atoms with E-state index in [-0.39, 0.29) is 0 Å². The molecule has 0 amide bonds. The van der Waals surface area contributed by atoms with Gasteiger partial charge in [-0.25, -0.2) is 4.98 Å². The normalized spacial score (nSPS) is 17.4. The third kappa shape index (κ3) is 3.27. The van der Waals surface area contributed by atoms with E-state index in [1.165, 1.54) is 29.1 Å². The molecule has 3 nitrogen and oxygen atoms in total. The molecular formula is C12H20N2OS. The Labute approximate surface area is 101 Å². The number of rotatable bonds is 5. The lowest BCUT2D eigenvalue weighted by atomic mass is 9.86. The Hall–Kier alpha value is -0.450. The van der Waals surface area contributed by atoms with Crippen molar-refractivity contribution in [1.82, 2.24) is 10.3 Å². The zero-order valence-electron chi connectivity index (χ0n) is 9.99. The maximum absolute atomic E-state index is 9.56. The molecule has 0 unspecified atom stereocenters. The summed E-state index contributed by atoms with van der Waals surface area (Å²) in [5.74, 6) is 0.730. The van der Waals surface area contributed by atoms with Crippen LogP contribution in [0, 0.1) is 0 Å². The number of hydrogen-bond donors (Lipinski definition) is 2. The van der Waals surface area contributed by atoms with Crippen LogP contribution >= 0.6 is 11.3 Å². The second-order valence-corrected chi connectivity index (χ2v) is 6.36. The summed E-state index contributed by atoms with van der Waals surface area (Å²) in [4.78, 5) is 5.74. The second-order valence-electron chi connectivity index (χ2n) is 5.21. The minimum absolute atomic E-state index is 0.615. The largest absolute Gasteiger partial charge is 0.389 e. The molecule has 90 valence electrons. The van der Waals surface area contributed by atoms with Crippen LogP contribution in [-0.4, -0.2) is 22.2 Å². The van der Waals surface area contributed by atoms with Crippen LogP contribution in [0.4, 0.5) is 0 Å². The van der Waals surface area contributed by atoms with Crippen LogP contribution in [0.3, 0.4) is 0 Å². The number of aromatic nitrogens is 1. The second kappa shape index (κ2) is 4.82. The average Bonchev–Trinajstić information content (AvgIpc) is 2.47. The van der Waals surface area contributed by atoms with Crippen molar-refractivity contribution in [2.45, 2.75) is 51.2 Å². The lowest BCUT2D eigenvalue weighted by Gasteiger charge is -2.22. The highest BCUT2D eigenvalue weighted by molar-refractivity contribution is 7.11. The molecule has 16 heavy (non-hydrogen) atoms. The molecule has 0 bridgehead atoms. The van der Waals surface area contributed by atoms with Crippen molar-refractivity contribution < 1.29 is 5.11 Å². The summed E-state index contributed by atoms with van der Waals surface area (Å²) in [5.41, 5.74) is -0.637. The summed E-state index contributed by atoms with van der Waals surface area (Å²) in [6.07, 6.45) is 5.94. The van der Waals surface area contributed by atoms with Gasteiger partial charge in [0.15, 0.2) is 0 Å². The molecule has 1 fully saturated rings. The Morgan fingerprint density at radius 2 is 2.31 bits per heavy atom. The van der Waals surface area contributed by atoms with Crippen LogP contribution in [-0.2, 0) is 6.54 Å². The van der Waals surface area contributed by atoms with E-state index in [9.17, 15) is 5.11 Å². The molecule has 1 aliphatic carbocycles. The summed E-state index contributed by atoms with van der Waals surface area (Å²) in [5, 5.41) is 14.1. The van der Waals surface area contributed by atoms with Gasteiger partial charge in [-0.1, -0.05) is 6.42 Å². The third-order valence-electron chi connectivity index (χ3n) is 2.88. The van der Waals surface area contributed by atoms with E-state index in [0.717, 1.165) is 12.5 Å². The van der Waals surface area contributed by atoms with E-state index >= 15 is 0 Å². The van der Waals surface area contributed by atoms with Crippen LogP contribution < -0.4 is 5.32 Å². The van der Waals surface area contributed by atoms with Crippen LogP contribution in [0.2, 0.25) is 0 Å². The van der Waals surface area contributed by atoms with Gasteiger partial charge in [-0.15, -0.1) is 11.3 Å². The highest BCUT2D eigenvalue weighted by Crippen LogP contribution is 2.38. The highest BCUT2D eigenvalue weighted by atomic mass is 32.1. The molecule has 0 atom stereocenters. The molecule has 2 N–H and O–H groups in total. The molecule has 0 saturated heterocycles. The van der Waals surface area contributed by atoms with Crippen molar-refractivity contribution in [3.05, 3.63) is 16.1 Å². The van der Waals surface area contributed by atoms with Gasteiger partial charge in [0.2, 0.25) is 0 Å². The Balaban J connectivity index is 1.79. The van der Waals surface area contributed by atoms with E-state index in [4.69, 9.17) is 0 Å². The van der Waals surface area contributed by atoms with E-state index in [1.54, 1.807) is 0 Å². The highest BCUT2D eigenvalue weighted by Gasteiger charge is 2.22. The first-order valence-corrected chi connectivity index (χ1v) is 6.74. The van der Waals surface area contributed by atoms with Gasteiger partial charge in [0.25, 0.3) is 0 Å². The predicted octanol–water partition coefficient (Wildman–Crippen LogP) is 2.27. The van der Waals surface area contributed by atoms with E-state index in [1.807, 2.05) is 31.4 Å². The number of nitrogens with zero attached hydrogens (tertiary/aromatic N) is 1. The molecule has 0 spiro atoms. The molecule has 1 saturated carbocycles. The molecule has 2 rings (SSSR count). The number of nitrogens with one attached hydrogen (secondary N) is 1. The summed E-state index contributed by atoms with van der Waals surface area (Å²) in [6.45, 7) is 5.05. The first-order chi connectivity index (χ1) is 7.54. The Morgan fingerprint density at radius 1 is 1.56 bits per heavy atom. The smallest absolute Gasteiger partial charge is 0.0959 e. The quantitative estimate of drug-likeness (QED) is 0.830. The summed E-state index contributed by atoms with van der Waals surface area (Å²) in [7, 11) is 0. The number of aliphatic hydroxyl groups is 1. The van der Waals surface area contributed by atoms with Crippen molar-refractivity contribution in [3.63, 3.8) is 0 Å². The average molecular weight is 240 g/mol. The van der Waals surface area contributed by atoms with Crippen LogP contribution in [0.5, 0.6) is 0 Å². The summed E-state index contributed by atoms with van der Waals surface area (Å²) < 4.78 is 0. The van der Waals surface area contributed by atoms with Crippen molar-refractivity contribution in [2.24, 2.45) is 0 Å². The zero-order valence-corrected chi connectivity index (χ0v) is 10.8. The molecule has 0 aliphatic heterocycles. The molecule has 1 aromatic rings. The maximum atomic E-state index is 9.56. The standard InChI is InChI=1S/C12H20N2OS/c1-12(2,15)8-13-6-10-7-14-11(16-10)9-4-3-5-9/h7,9,13,15H,3-6,8H2,1-2H3. The van der Waals surface area contributed by atoms with Gasteiger partial charge >= 0.3 is 0 Å². The maximum Gasteiger partial charge on any atom is 0.0959 e. The third-order valence-corrected chi connectivity index (χ3v) is 4.04. The van der Waals surface area contributed by atoms with Gasteiger partial charge in [-0.2, -0.15) is 0 Å². The molecule has 4 heteroatoms. The minimum Gasteiger partial charge on any atom is -0.389 e. The van der Waals surface area contributed by atoms with Gasteiger partial charge in [0, 0.05) is 30.1 Å². The molecule has 0 aromatic carbocycles. The molecule has 1 heterocycles. The van der Waals surface area contributed by atoms with Crippen molar-refractivity contribution in [1.29, 1.82) is 0 Å². The molecule has 1 aromatic heterocycles. The Morgan fingerprint density at radius 3 is 2.88 bits per heavy atom. The van der Waals surface area contributed by atoms with E-state index < -0.39 is 5.60 Å². The van der Waals surface area contributed by atoms with Crippen LogP contribution in [0.15, 0.2) is 6.20 Å². The van der Waals surface area contributed by atoms with Crippen LogP contribution in [0.25, 0.3) is 0 Å². The van der Waals surface area contributed by atoms with Crippen molar-refractivity contribution in [3.8, 4) is 0 Å². The Bertz CT molecular complexity index is 339. The van der Waals surface area contributed by atoms with E-state index in [0.29, 0.717) is 6.54 Å². The van der Waals surface area contributed by atoms with Gasteiger partial charge in [-0.3, -0.25) is 0 Å². The minimum atomic E-state index is -0.637.